The molecule has 3 heterocycles. The second kappa shape index (κ2) is 8.35. The lowest BCUT2D eigenvalue weighted by atomic mass is 10.1. The first kappa shape index (κ1) is 19.5. The molecule has 6 nitrogen and oxygen atoms in total. The van der Waals surface area contributed by atoms with Crippen molar-refractivity contribution in [3.05, 3.63) is 66.3 Å². The molecule has 1 aliphatic rings. The third-order valence-corrected chi connectivity index (χ3v) is 6.45. The standard InChI is InChI=1S/C24H22N4O2S/c1-17(29)27-11-13-28(14-12-27)19-7-9-20(10-8-19)30-23-22-21(18-5-3-2-4-6-18)15-31-24(22)26-16-25-23/h2-10,15-16H,11-14H2,1H3. The molecule has 0 bridgehead atoms. The van der Waals surface area contributed by atoms with Gasteiger partial charge in [-0.05, 0) is 29.8 Å². The van der Waals surface area contributed by atoms with E-state index in [1.54, 1.807) is 24.6 Å². The van der Waals surface area contributed by atoms with Gasteiger partial charge in [-0.2, -0.15) is 0 Å². The second-order valence-electron chi connectivity index (χ2n) is 7.46. The summed E-state index contributed by atoms with van der Waals surface area (Å²) < 4.78 is 6.19. The highest BCUT2D eigenvalue weighted by atomic mass is 32.1. The number of hydrogen-bond donors (Lipinski definition) is 0. The number of fused-ring (bicyclic) bond motifs is 1. The average molecular weight is 431 g/mol. The summed E-state index contributed by atoms with van der Waals surface area (Å²) in [6.07, 6.45) is 1.55. The fourth-order valence-electron chi connectivity index (χ4n) is 3.87. The van der Waals surface area contributed by atoms with Crippen LogP contribution in [0.3, 0.4) is 0 Å². The van der Waals surface area contributed by atoms with Gasteiger partial charge >= 0.3 is 0 Å². The summed E-state index contributed by atoms with van der Waals surface area (Å²) in [5.74, 6) is 1.44. The molecule has 156 valence electrons. The molecule has 1 amide bonds. The van der Waals surface area contributed by atoms with Gasteiger partial charge in [0, 0.05) is 49.7 Å². The average Bonchev–Trinajstić information content (AvgIpc) is 3.26. The van der Waals surface area contributed by atoms with Crippen LogP contribution in [0.1, 0.15) is 6.92 Å². The van der Waals surface area contributed by atoms with Gasteiger partial charge in [-0.1, -0.05) is 30.3 Å². The van der Waals surface area contributed by atoms with Gasteiger partial charge < -0.3 is 14.5 Å². The minimum Gasteiger partial charge on any atom is -0.438 e. The van der Waals surface area contributed by atoms with Crippen molar-refractivity contribution in [2.45, 2.75) is 6.92 Å². The molecule has 1 fully saturated rings. The van der Waals surface area contributed by atoms with Crippen molar-refractivity contribution in [3.63, 3.8) is 0 Å². The Kier molecular flexibility index (Phi) is 5.26. The van der Waals surface area contributed by atoms with E-state index in [1.807, 2.05) is 35.2 Å². The van der Waals surface area contributed by atoms with Crippen molar-refractivity contribution >= 4 is 33.1 Å². The van der Waals surface area contributed by atoms with Crippen LogP contribution in [-0.4, -0.2) is 47.0 Å². The van der Waals surface area contributed by atoms with E-state index in [4.69, 9.17) is 4.74 Å². The van der Waals surface area contributed by atoms with Crippen LogP contribution in [0, 0.1) is 0 Å². The van der Waals surface area contributed by atoms with Gasteiger partial charge in [0.25, 0.3) is 0 Å². The molecule has 1 saturated heterocycles. The number of hydrogen-bond acceptors (Lipinski definition) is 6. The summed E-state index contributed by atoms with van der Waals surface area (Å²) in [4.78, 5) is 25.5. The predicted molar refractivity (Wildman–Crippen MR) is 124 cm³/mol. The van der Waals surface area contributed by atoms with Crippen molar-refractivity contribution in [2.75, 3.05) is 31.1 Å². The normalized spacial score (nSPS) is 14.1. The number of anilines is 1. The highest BCUT2D eigenvalue weighted by Crippen LogP contribution is 2.39. The van der Waals surface area contributed by atoms with Gasteiger partial charge in [-0.15, -0.1) is 11.3 Å². The van der Waals surface area contributed by atoms with Crippen molar-refractivity contribution < 1.29 is 9.53 Å². The molecule has 2 aromatic heterocycles. The number of carbonyl (C=O) groups is 1. The van der Waals surface area contributed by atoms with Crippen molar-refractivity contribution in [1.82, 2.24) is 14.9 Å². The van der Waals surface area contributed by atoms with E-state index in [1.165, 1.54) is 0 Å². The van der Waals surface area contributed by atoms with E-state index in [0.29, 0.717) is 5.88 Å². The zero-order valence-electron chi connectivity index (χ0n) is 17.2. The van der Waals surface area contributed by atoms with Crippen LogP contribution in [-0.2, 0) is 4.79 Å². The molecule has 7 heteroatoms. The molecule has 0 atom stereocenters. The molecule has 1 aliphatic heterocycles. The zero-order chi connectivity index (χ0) is 21.2. The molecule has 0 saturated carbocycles. The molecular formula is C24H22N4O2S. The fraction of sp³-hybridized carbons (Fsp3) is 0.208. The summed E-state index contributed by atoms with van der Waals surface area (Å²) in [5, 5.41) is 3.04. The van der Waals surface area contributed by atoms with Crippen LogP contribution in [0.15, 0.2) is 66.3 Å². The quantitative estimate of drug-likeness (QED) is 0.465. The van der Waals surface area contributed by atoms with Gasteiger partial charge in [-0.3, -0.25) is 4.79 Å². The monoisotopic (exact) mass is 430 g/mol. The van der Waals surface area contributed by atoms with Gasteiger partial charge in [0.2, 0.25) is 11.8 Å². The van der Waals surface area contributed by atoms with E-state index < -0.39 is 0 Å². The number of amides is 1. The number of aromatic nitrogens is 2. The summed E-state index contributed by atoms with van der Waals surface area (Å²) in [6, 6.07) is 18.3. The van der Waals surface area contributed by atoms with E-state index in [-0.39, 0.29) is 5.91 Å². The minimum absolute atomic E-state index is 0.142. The Bertz CT molecular complexity index is 1200. The third kappa shape index (κ3) is 3.96. The number of thiophene rings is 1. The molecule has 4 aromatic rings. The van der Waals surface area contributed by atoms with E-state index in [2.05, 4.69) is 44.5 Å². The molecule has 2 aromatic carbocycles. The molecular weight excluding hydrogens is 408 g/mol. The fourth-order valence-corrected chi connectivity index (χ4v) is 4.78. The van der Waals surface area contributed by atoms with Crippen molar-refractivity contribution in [1.29, 1.82) is 0 Å². The largest absolute Gasteiger partial charge is 0.438 e. The Morgan fingerprint density at radius 3 is 2.42 bits per heavy atom. The Morgan fingerprint density at radius 2 is 1.71 bits per heavy atom. The number of nitrogens with zero attached hydrogens (tertiary/aromatic N) is 4. The Morgan fingerprint density at radius 1 is 0.968 bits per heavy atom. The van der Waals surface area contributed by atoms with E-state index in [0.717, 1.165) is 59.0 Å². The van der Waals surface area contributed by atoms with Crippen molar-refractivity contribution in [3.8, 4) is 22.8 Å². The lowest BCUT2D eigenvalue weighted by Crippen LogP contribution is -2.48. The van der Waals surface area contributed by atoms with Crippen LogP contribution < -0.4 is 9.64 Å². The molecule has 31 heavy (non-hydrogen) atoms. The topological polar surface area (TPSA) is 58.6 Å². The van der Waals surface area contributed by atoms with Crippen LogP contribution in [0.5, 0.6) is 11.6 Å². The first-order chi connectivity index (χ1) is 15.2. The van der Waals surface area contributed by atoms with Crippen LogP contribution in [0.2, 0.25) is 0 Å². The second-order valence-corrected chi connectivity index (χ2v) is 8.32. The first-order valence-electron chi connectivity index (χ1n) is 10.2. The highest BCUT2D eigenvalue weighted by Gasteiger charge is 2.19. The Hall–Kier alpha value is -3.45. The predicted octanol–water partition coefficient (Wildman–Crippen LogP) is 4.82. The maximum atomic E-state index is 11.5. The van der Waals surface area contributed by atoms with Crippen LogP contribution in [0.4, 0.5) is 5.69 Å². The zero-order valence-corrected chi connectivity index (χ0v) is 18.0. The SMILES string of the molecule is CC(=O)N1CCN(c2ccc(Oc3ncnc4scc(-c5ccccc5)c34)cc2)CC1. The number of carbonyl (C=O) groups excluding carboxylic acids is 1. The van der Waals surface area contributed by atoms with Gasteiger partial charge in [-0.25, -0.2) is 9.97 Å². The van der Waals surface area contributed by atoms with Gasteiger partial charge in [0.15, 0.2) is 0 Å². The number of benzene rings is 2. The lowest BCUT2D eigenvalue weighted by molar-refractivity contribution is -0.129. The van der Waals surface area contributed by atoms with E-state index in [9.17, 15) is 4.79 Å². The highest BCUT2D eigenvalue weighted by molar-refractivity contribution is 7.17. The maximum absolute atomic E-state index is 11.5. The summed E-state index contributed by atoms with van der Waals surface area (Å²) in [7, 11) is 0. The first-order valence-corrected chi connectivity index (χ1v) is 11.1. The maximum Gasteiger partial charge on any atom is 0.231 e. The molecule has 5 rings (SSSR count). The molecule has 0 radical (unpaired) electrons. The summed E-state index contributed by atoms with van der Waals surface area (Å²) in [5.41, 5.74) is 3.33. The van der Waals surface area contributed by atoms with Crippen molar-refractivity contribution in [2.24, 2.45) is 0 Å². The van der Waals surface area contributed by atoms with Gasteiger partial charge in [0.1, 0.15) is 16.9 Å². The Balaban J connectivity index is 1.37. The summed E-state index contributed by atoms with van der Waals surface area (Å²) >= 11 is 1.59. The third-order valence-electron chi connectivity index (χ3n) is 5.56. The van der Waals surface area contributed by atoms with Crippen LogP contribution in [0.25, 0.3) is 21.3 Å². The molecule has 0 N–H and O–H groups in total. The number of piperazine rings is 1. The van der Waals surface area contributed by atoms with E-state index >= 15 is 0 Å². The molecule has 0 unspecified atom stereocenters. The lowest BCUT2D eigenvalue weighted by Gasteiger charge is -2.35. The molecule has 0 spiro atoms. The van der Waals surface area contributed by atoms with Gasteiger partial charge in [0.05, 0.1) is 5.39 Å². The minimum atomic E-state index is 0.142. The van der Waals surface area contributed by atoms with Crippen LogP contribution >= 0.6 is 11.3 Å². The number of rotatable bonds is 4. The summed E-state index contributed by atoms with van der Waals surface area (Å²) in [6.45, 7) is 4.81. The smallest absolute Gasteiger partial charge is 0.231 e. The number of ether oxygens (including phenoxy) is 1. The Labute approximate surface area is 184 Å². The molecule has 0 aliphatic carbocycles.